The summed E-state index contributed by atoms with van der Waals surface area (Å²) < 4.78 is 27.6. The molecule has 7 heteroatoms. The highest BCUT2D eigenvalue weighted by molar-refractivity contribution is 7.99. The smallest absolute Gasteiger partial charge is 0.243 e. The van der Waals surface area contributed by atoms with Crippen LogP contribution in [0.3, 0.4) is 0 Å². The van der Waals surface area contributed by atoms with Gasteiger partial charge in [0.1, 0.15) is 17.7 Å². The molecule has 0 bridgehead atoms. The van der Waals surface area contributed by atoms with Crippen molar-refractivity contribution in [1.29, 1.82) is 0 Å². The largest absolute Gasteiger partial charge is 0.352 e. The minimum Gasteiger partial charge on any atom is -0.352 e. The Morgan fingerprint density at radius 1 is 0.917 bits per heavy atom. The molecule has 0 spiro atoms. The standard InChI is InChI=1S/C29H32F2N2O2S/c1-3-21(2)32-29(35)27(17-22-9-5-4-6-10-22)33(18-23-13-15-25(30)16-14-23)28(34)20-36-19-24-11-7-8-12-26(24)31/h4-16,21,27H,3,17-20H2,1-2H3,(H,32,35)/t21-,27-/m1/s1. The lowest BCUT2D eigenvalue weighted by Crippen LogP contribution is -2.52. The number of amides is 2. The molecule has 0 aliphatic carbocycles. The van der Waals surface area contributed by atoms with Crippen LogP contribution in [0.5, 0.6) is 0 Å². The molecule has 36 heavy (non-hydrogen) atoms. The minimum absolute atomic E-state index is 0.0472. The molecule has 1 N–H and O–H groups in total. The van der Waals surface area contributed by atoms with Gasteiger partial charge in [-0.25, -0.2) is 8.78 Å². The summed E-state index contributed by atoms with van der Waals surface area (Å²) in [5.74, 6) is -0.727. The van der Waals surface area contributed by atoms with E-state index in [1.54, 1.807) is 35.2 Å². The Hall–Kier alpha value is -3.19. The molecule has 0 saturated heterocycles. The summed E-state index contributed by atoms with van der Waals surface area (Å²) >= 11 is 1.30. The molecule has 0 heterocycles. The summed E-state index contributed by atoms with van der Waals surface area (Å²) in [6, 6.07) is 21.2. The highest BCUT2D eigenvalue weighted by Gasteiger charge is 2.31. The topological polar surface area (TPSA) is 49.4 Å². The minimum atomic E-state index is -0.756. The number of nitrogens with zero attached hydrogens (tertiary/aromatic N) is 1. The molecule has 3 rings (SSSR count). The zero-order valence-electron chi connectivity index (χ0n) is 20.6. The van der Waals surface area contributed by atoms with Crippen LogP contribution in [0.25, 0.3) is 0 Å². The fraction of sp³-hybridized carbons (Fsp3) is 0.310. The van der Waals surface area contributed by atoms with Crippen molar-refractivity contribution < 1.29 is 18.4 Å². The number of nitrogens with one attached hydrogen (secondary N) is 1. The molecule has 0 aliphatic heterocycles. The first kappa shape index (κ1) is 27.4. The van der Waals surface area contributed by atoms with Gasteiger partial charge in [-0.1, -0.05) is 67.6 Å². The van der Waals surface area contributed by atoms with Crippen molar-refractivity contribution in [3.63, 3.8) is 0 Å². The number of carbonyl (C=O) groups is 2. The fourth-order valence-electron chi connectivity index (χ4n) is 3.73. The predicted molar refractivity (Wildman–Crippen MR) is 141 cm³/mol. The van der Waals surface area contributed by atoms with Gasteiger partial charge in [-0.15, -0.1) is 11.8 Å². The maximum absolute atomic E-state index is 14.0. The summed E-state index contributed by atoms with van der Waals surface area (Å²) in [6.07, 6.45) is 1.10. The zero-order chi connectivity index (χ0) is 25.9. The Morgan fingerprint density at radius 2 is 1.58 bits per heavy atom. The molecular formula is C29H32F2N2O2S. The second-order valence-corrected chi connectivity index (χ2v) is 9.74. The van der Waals surface area contributed by atoms with Crippen molar-refractivity contribution in [2.75, 3.05) is 5.75 Å². The molecule has 0 unspecified atom stereocenters. The third-order valence-electron chi connectivity index (χ3n) is 5.98. The van der Waals surface area contributed by atoms with E-state index in [9.17, 15) is 18.4 Å². The van der Waals surface area contributed by atoms with E-state index in [0.717, 1.165) is 17.5 Å². The van der Waals surface area contributed by atoms with Gasteiger partial charge in [-0.3, -0.25) is 9.59 Å². The molecule has 3 aromatic carbocycles. The van der Waals surface area contributed by atoms with Gasteiger partial charge >= 0.3 is 0 Å². The summed E-state index contributed by atoms with van der Waals surface area (Å²) in [4.78, 5) is 28.5. The molecule has 0 radical (unpaired) electrons. The first-order valence-corrected chi connectivity index (χ1v) is 13.2. The van der Waals surface area contributed by atoms with Crippen LogP contribution in [-0.2, 0) is 28.3 Å². The molecule has 2 amide bonds. The quantitative estimate of drug-likeness (QED) is 0.337. The summed E-state index contributed by atoms with van der Waals surface area (Å²) in [5.41, 5.74) is 2.17. The predicted octanol–water partition coefficient (Wildman–Crippen LogP) is 5.75. The average molecular weight is 511 g/mol. The van der Waals surface area contributed by atoms with Gasteiger partial charge in [-0.2, -0.15) is 0 Å². The van der Waals surface area contributed by atoms with Crippen molar-refractivity contribution >= 4 is 23.6 Å². The van der Waals surface area contributed by atoms with E-state index in [1.807, 2.05) is 44.2 Å². The number of halogens is 2. The van der Waals surface area contributed by atoms with Crippen molar-refractivity contribution in [1.82, 2.24) is 10.2 Å². The van der Waals surface area contributed by atoms with E-state index in [-0.39, 0.29) is 41.8 Å². The number of carbonyl (C=O) groups excluding carboxylic acids is 2. The Kier molecular flexibility index (Phi) is 10.5. The third kappa shape index (κ3) is 8.19. The van der Waals surface area contributed by atoms with Crippen LogP contribution in [0.1, 0.15) is 37.0 Å². The van der Waals surface area contributed by atoms with E-state index in [4.69, 9.17) is 0 Å². The second-order valence-electron chi connectivity index (χ2n) is 8.76. The van der Waals surface area contributed by atoms with Crippen LogP contribution in [0.4, 0.5) is 8.78 Å². The summed E-state index contributed by atoms with van der Waals surface area (Å²) in [6.45, 7) is 4.07. The fourth-order valence-corrected chi connectivity index (χ4v) is 4.62. The van der Waals surface area contributed by atoms with E-state index >= 15 is 0 Å². The van der Waals surface area contributed by atoms with Crippen molar-refractivity contribution in [2.24, 2.45) is 0 Å². The van der Waals surface area contributed by atoms with Crippen molar-refractivity contribution in [3.05, 3.63) is 107 Å². The van der Waals surface area contributed by atoms with Gasteiger partial charge in [0, 0.05) is 24.8 Å². The van der Waals surface area contributed by atoms with Crippen LogP contribution < -0.4 is 5.32 Å². The lowest BCUT2D eigenvalue weighted by Gasteiger charge is -2.32. The van der Waals surface area contributed by atoms with E-state index < -0.39 is 6.04 Å². The molecule has 4 nitrogen and oxygen atoms in total. The normalized spacial score (nSPS) is 12.6. The first-order valence-electron chi connectivity index (χ1n) is 12.1. The van der Waals surface area contributed by atoms with Gasteiger partial charge in [0.05, 0.1) is 5.75 Å². The van der Waals surface area contributed by atoms with Gasteiger partial charge in [0.15, 0.2) is 0 Å². The average Bonchev–Trinajstić information content (AvgIpc) is 2.88. The number of thioether (sulfide) groups is 1. The number of benzene rings is 3. The SMILES string of the molecule is CC[C@@H](C)NC(=O)[C@@H](Cc1ccccc1)N(Cc1ccc(F)cc1)C(=O)CSCc1ccccc1F. The Morgan fingerprint density at radius 3 is 2.25 bits per heavy atom. The lowest BCUT2D eigenvalue weighted by molar-refractivity contribution is -0.139. The van der Waals surface area contributed by atoms with Gasteiger partial charge in [0.2, 0.25) is 11.8 Å². The lowest BCUT2D eigenvalue weighted by atomic mass is 10.0. The number of hydrogen-bond acceptors (Lipinski definition) is 3. The molecule has 190 valence electrons. The second kappa shape index (κ2) is 13.8. The summed E-state index contributed by atoms with van der Waals surface area (Å²) in [7, 11) is 0. The molecule has 0 aliphatic rings. The van der Waals surface area contributed by atoms with Gasteiger partial charge in [0.25, 0.3) is 0 Å². The van der Waals surface area contributed by atoms with Crippen LogP contribution in [0, 0.1) is 11.6 Å². The Balaban J connectivity index is 1.85. The highest BCUT2D eigenvalue weighted by atomic mass is 32.2. The zero-order valence-corrected chi connectivity index (χ0v) is 21.4. The first-order chi connectivity index (χ1) is 17.4. The van der Waals surface area contributed by atoms with Crippen LogP contribution >= 0.6 is 11.8 Å². The van der Waals surface area contributed by atoms with Crippen LogP contribution in [0.2, 0.25) is 0 Å². The number of hydrogen-bond donors (Lipinski definition) is 1. The number of rotatable bonds is 12. The Bertz CT molecular complexity index is 1130. The summed E-state index contributed by atoms with van der Waals surface area (Å²) in [5, 5.41) is 3.02. The van der Waals surface area contributed by atoms with E-state index in [2.05, 4.69) is 5.32 Å². The molecule has 2 atom stereocenters. The monoisotopic (exact) mass is 510 g/mol. The van der Waals surface area contributed by atoms with Crippen molar-refractivity contribution in [2.45, 2.75) is 51.1 Å². The molecule has 3 aromatic rings. The molecule has 0 aromatic heterocycles. The van der Waals surface area contributed by atoms with Gasteiger partial charge < -0.3 is 10.2 Å². The Labute approximate surface area is 216 Å². The highest BCUT2D eigenvalue weighted by Crippen LogP contribution is 2.20. The van der Waals surface area contributed by atoms with Crippen LogP contribution in [0.15, 0.2) is 78.9 Å². The van der Waals surface area contributed by atoms with Crippen molar-refractivity contribution in [3.8, 4) is 0 Å². The molecule has 0 saturated carbocycles. The molecule has 0 fully saturated rings. The maximum Gasteiger partial charge on any atom is 0.243 e. The van der Waals surface area contributed by atoms with E-state index in [0.29, 0.717) is 17.7 Å². The molecular weight excluding hydrogens is 478 g/mol. The van der Waals surface area contributed by atoms with E-state index in [1.165, 1.54) is 30.0 Å². The van der Waals surface area contributed by atoms with Gasteiger partial charge in [-0.05, 0) is 48.2 Å². The van der Waals surface area contributed by atoms with Crippen LogP contribution in [-0.4, -0.2) is 34.6 Å². The maximum atomic E-state index is 14.0. The third-order valence-corrected chi connectivity index (χ3v) is 6.95.